The molecule has 86 heavy (non-hydrogen) atoms. The van der Waals surface area contributed by atoms with Gasteiger partial charge in [-0.2, -0.15) is 25.3 Å². The molecule has 0 saturated heterocycles. The van der Waals surface area contributed by atoms with E-state index in [0.717, 1.165) is 6.07 Å². The number of nitrogens with zero attached hydrogens (tertiary/aromatic N) is 1. The van der Waals surface area contributed by atoms with Crippen molar-refractivity contribution in [2.45, 2.75) is 89.7 Å². The molecule has 1 heterocycles. The highest BCUT2D eigenvalue weighted by molar-refractivity contribution is 7.94. The highest BCUT2D eigenvalue weighted by atomic mass is 32.2. The molecule has 0 spiro atoms. The fourth-order valence-corrected chi connectivity index (χ4v) is 13.0. The number of carboxylic acids is 1. The quantitative estimate of drug-likeness (QED) is 0.00722. The van der Waals surface area contributed by atoms with E-state index >= 15 is 0 Å². The van der Waals surface area contributed by atoms with Gasteiger partial charge in [-0.15, -0.1) is 0 Å². The predicted molar refractivity (Wildman–Crippen MR) is 327 cm³/mol. The van der Waals surface area contributed by atoms with Gasteiger partial charge in [0.2, 0.25) is 0 Å². The number of anilines is 2. The third-order valence-electron chi connectivity index (χ3n) is 14.3. The summed E-state index contributed by atoms with van der Waals surface area (Å²) < 4.78 is 184. The number of fused-ring (bicyclic) bond motifs is 4. The Bertz CT molecular complexity index is 3380. The summed E-state index contributed by atoms with van der Waals surface area (Å²) in [7, 11) is -11.1. The summed E-state index contributed by atoms with van der Waals surface area (Å²) in [5.74, 6) is -1.65. The van der Waals surface area contributed by atoms with Crippen molar-refractivity contribution in [3.05, 3.63) is 95.2 Å². The van der Waals surface area contributed by atoms with Crippen LogP contribution in [0.5, 0.6) is 0 Å². The van der Waals surface area contributed by atoms with E-state index in [9.17, 15) is 62.1 Å². The largest absolute Gasteiger partial charge is 0.481 e. The number of nitrogens with one attached hydrogen (secondary N) is 1. The molecule has 3 unspecified atom stereocenters. The molecule has 0 aliphatic carbocycles. The smallest absolute Gasteiger partial charge is 0.303 e. The Kier molecular flexibility index (Phi) is 29.0. The maximum atomic E-state index is 12.9. The maximum Gasteiger partial charge on any atom is 0.303 e. The number of benzene rings is 4. The third kappa shape index (κ3) is 21.4. The van der Waals surface area contributed by atoms with Crippen LogP contribution in [0.25, 0.3) is 21.5 Å². The second-order valence-electron chi connectivity index (χ2n) is 20.6. The molecular formula is C57H80N2O22S5. The van der Waals surface area contributed by atoms with Gasteiger partial charge < -0.3 is 62.3 Å². The zero-order valence-corrected chi connectivity index (χ0v) is 53.0. The average molecular weight is 1310 g/mol. The van der Waals surface area contributed by atoms with E-state index < -0.39 is 73.8 Å². The number of carbonyl (C=O) groups is 1. The molecule has 480 valence electrons. The van der Waals surface area contributed by atoms with Crippen molar-refractivity contribution in [1.82, 2.24) is 0 Å². The van der Waals surface area contributed by atoms with Crippen molar-refractivity contribution in [2.75, 3.05) is 136 Å². The molecule has 7 N–H and O–H groups in total. The van der Waals surface area contributed by atoms with Gasteiger partial charge in [-0.25, -0.2) is 4.21 Å². The van der Waals surface area contributed by atoms with E-state index in [1.54, 1.807) is 39.4 Å². The number of rotatable bonds is 42. The predicted octanol–water partition coefficient (Wildman–Crippen LogP) is 8.17. The zero-order chi connectivity index (χ0) is 63.1. The van der Waals surface area contributed by atoms with Gasteiger partial charge in [0.1, 0.15) is 0 Å². The van der Waals surface area contributed by atoms with Crippen LogP contribution in [0.15, 0.2) is 104 Å². The van der Waals surface area contributed by atoms with Gasteiger partial charge in [-0.3, -0.25) is 18.5 Å². The molecule has 0 bridgehead atoms. The van der Waals surface area contributed by atoms with Crippen molar-refractivity contribution in [2.24, 2.45) is 0 Å². The molecule has 0 aromatic heterocycles. The lowest BCUT2D eigenvalue weighted by atomic mass is 9.73. The van der Waals surface area contributed by atoms with Crippen molar-refractivity contribution >= 4 is 92.4 Å². The number of methoxy groups -OCH3 is 2. The molecule has 3 atom stereocenters. The van der Waals surface area contributed by atoms with Crippen LogP contribution in [-0.2, 0) is 95.0 Å². The first kappa shape index (κ1) is 72.3. The molecule has 1 aliphatic heterocycles. The van der Waals surface area contributed by atoms with E-state index in [-0.39, 0.29) is 105 Å². The minimum Gasteiger partial charge on any atom is -0.481 e. The number of ether oxygens (including phenoxy) is 8. The lowest BCUT2D eigenvalue weighted by Crippen LogP contribution is -2.31. The van der Waals surface area contributed by atoms with Gasteiger partial charge in [-0.1, -0.05) is 42.9 Å². The van der Waals surface area contributed by atoms with Crippen LogP contribution < -0.4 is 10.2 Å². The highest BCUT2D eigenvalue weighted by Gasteiger charge is 2.45. The van der Waals surface area contributed by atoms with Crippen LogP contribution in [0.3, 0.4) is 0 Å². The Morgan fingerprint density at radius 1 is 0.733 bits per heavy atom. The molecule has 0 saturated carbocycles. The Labute approximate surface area is 510 Å². The number of carboxylic acid groups (broad SMARTS) is 1. The zero-order valence-electron chi connectivity index (χ0n) is 48.9. The van der Waals surface area contributed by atoms with Crippen LogP contribution in [0.1, 0.15) is 70.4 Å². The molecule has 5 rings (SSSR count). The van der Waals surface area contributed by atoms with E-state index in [2.05, 4.69) is 5.32 Å². The molecule has 4 aromatic carbocycles. The molecule has 0 radical (unpaired) electrons. The topological polar surface area (TPSA) is 347 Å². The highest BCUT2D eigenvalue weighted by Crippen LogP contribution is 2.54. The first-order valence-corrected chi connectivity index (χ1v) is 33.9. The van der Waals surface area contributed by atoms with Gasteiger partial charge in [0, 0.05) is 85.1 Å². The van der Waals surface area contributed by atoms with Crippen molar-refractivity contribution in [3.8, 4) is 0 Å². The number of allylic oxidation sites excluding steroid dienone is 6. The second kappa shape index (κ2) is 34.5. The van der Waals surface area contributed by atoms with Crippen molar-refractivity contribution in [1.29, 1.82) is 0 Å². The van der Waals surface area contributed by atoms with Gasteiger partial charge >= 0.3 is 5.97 Å². The molecular weight excluding hydrogens is 1220 g/mol. The van der Waals surface area contributed by atoms with Crippen LogP contribution in [0.2, 0.25) is 0 Å². The summed E-state index contributed by atoms with van der Waals surface area (Å²) in [4.78, 5) is 12.6. The Balaban J connectivity index is 1.59. The van der Waals surface area contributed by atoms with Crippen LogP contribution in [-0.4, -0.2) is 189 Å². The summed E-state index contributed by atoms with van der Waals surface area (Å²) in [5, 5.41) is 14.3. The van der Waals surface area contributed by atoms with E-state index in [0.29, 0.717) is 116 Å². The molecule has 0 amide bonds. The lowest BCUT2D eigenvalue weighted by molar-refractivity contribution is -0.137. The molecule has 1 aliphatic rings. The van der Waals surface area contributed by atoms with Gasteiger partial charge in [0.25, 0.3) is 30.4 Å². The van der Waals surface area contributed by atoms with Crippen LogP contribution in [0.4, 0.5) is 11.4 Å². The fraction of sp³-hybridized carbons (Fsp3) is 0.526. The van der Waals surface area contributed by atoms with E-state index in [1.807, 2.05) is 43.0 Å². The molecule has 0 fully saturated rings. The SMILES string of the molecule is COCCOCCOCCOCCNc1ccc2c(S(=O)O)cc(S(=O)(=O)O)cc2c1C(C)(C/C=C/C(C)=C/C=C1/N(CCCC(=O)O)c2ccc3c(SO)cc(S(=O)(=O)O)cc3c2C1(C)CCOCCOCCOCCOC)CCCS(=O)(=O)O. The van der Waals surface area contributed by atoms with Crippen molar-refractivity contribution < 1.29 is 100 Å². The summed E-state index contributed by atoms with van der Waals surface area (Å²) in [6.07, 6.45) is 7.71. The summed E-state index contributed by atoms with van der Waals surface area (Å²) in [5.41, 5.74) is 1.26. The van der Waals surface area contributed by atoms with E-state index in [4.69, 9.17) is 37.9 Å². The minimum atomic E-state index is -4.96. The molecule has 29 heteroatoms. The standard InChI is InChI=1S/C57H80N2O22S5/c1-41(11-16-52-57(3,19-22-76-28-30-80-34-32-78-26-24-74-4)55-46-37-42(85(68,69)70)39-50(82-62)44(46)13-15-49(55)59(52)21-7-10-53(60)61)9-6-17-56(2,18-8-36-84(65,66)67)54-47-38-43(86(71,72)73)40-51(83(63)64)45(47)12-14-48(54)58-20-23-77-29-31-81-35-33-79-27-25-75-5/h6,9,11-16,37-40,58,62H,7-8,10,17-36H2,1-5H3,(H,60,61)(H,63,64)(H,65,66,67)(H,68,69,70)(H,71,72,73)/b9-6+,41-11+,52-16+. The number of hydrogen-bond acceptors (Lipinski definition) is 20. The first-order chi connectivity index (χ1) is 40.8. The summed E-state index contributed by atoms with van der Waals surface area (Å²) in [6.45, 7) is 10.4. The average Bonchev–Trinajstić information content (AvgIpc) is 1.57. The maximum absolute atomic E-state index is 12.9. The Morgan fingerprint density at radius 2 is 1.28 bits per heavy atom. The summed E-state index contributed by atoms with van der Waals surface area (Å²) >= 11 is -2.44. The van der Waals surface area contributed by atoms with Crippen LogP contribution in [0, 0.1) is 0 Å². The second-order valence-corrected chi connectivity index (χ2v) is 26.6. The van der Waals surface area contributed by atoms with Gasteiger partial charge in [-0.05, 0) is 121 Å². The Hall–Kier alpha value is -4.48. The fourth-order valence-electron chi connectivity index (χ4n) is 10.2. The minimum absolute atomic E-state index is 0.0531. The Morgan fingerprint density at radius 3 is 1.83 bits per heavy atom. The first-order valence-electron chi connectivity index (χ1n) is 27.6. The van der Waals surface area contributed by atoms with E-state index in [1.165, 1.54) is 24.3 Å². The monoisotopic (exact) mass is 1300 g/mol. The van der Waals surface area contributed by atoms with Gasteiger partial charge in [0.05, 0.1) is 106 Å². The number of hydrogen-bond donors (Lipinski definition) is 7. The van der Waals surface area contributed by atoms with Gasteiger partial charge in [0.15, 0.2) is 11.1 Å². The van der Waals surface area contributed by atoms with Crippen molar-refractivity contribution in [3.63, 3.8) is 0 Å². The van der Waals surface area contributed by atoms with Crippen LogP contribution >= 0.6 is 12.0 Å². The molecule has 24 nitrogen and oxygen atoms in total. The molecule has 4 aromatic rings. The third-order valence-corrected chi connectivity index (χ3v) is 18.0. The normalized spacial score (nSPS) is 16.7. The lowest BCUT2D eigenvalue weighted by Gasteiger charge is -2.33. The number of aliphatic carboxylic acids is 1. The summed E-state index contributed by atoms with van der Waals surface area (Å²) in [6, 6.07) is 11.3.